The average molecular weight is 639 g/mol. The summed E-state index contributed by atoms with van der Waals surface area (Å²) < 4.78 is 27.4. The van der Waals surface area contributed by atoms with Crippen molar-refractivity contribution >= 4 is 39.6 Å². The van der Waals surface area contributed by atoms with Gasteiger partial charge in [0.2, 0.25) is 0 Å². The van der Waals surface area contributed by atoms with E-state index in [9.17, 15) is 24.0 Å². The number of carbonyl (C=O) groups excluding carboxylic acids is 4. The maximum atomic E-state index is 15.9. The molecule has 1 aromatic heterocycles. The number of carbonyl (C=O) groups is 4. The fourth-order valence-corrected chi connectivity index (χ4v) is 8.04. The van der Waals surface area contributed by atoms with Gasteiger partial charge in [0.05, 0.1) is 33.0 Å². The van der Waals surface area contributed by atoms with Crippen molar-refractivity contribution in [2.24, 2.45) is 23.2 Å². The minimum atomic E-state index is -1.64. The van der Waals surface area contributed by atoms with Crippen molar-refractivity contribution in [2.75, 3.05) is 14.1 Å². The normalized spacial score (nSPS) is 26.4. The summed E-state index contributed by atoms with van der Waals surface area (Å²) in [6.07, 6.45) is 0.669. The van der Waals surface area contributed by atoms with Gasteiger partial charge in [-0.05, 0) is 60.8 Å². The fraction of sp³-hybridized carbons (Fsp3) is 0.387. The van der Waals surface area contributed by atoms with Crippen molar-refractivity contribution in [3.63, 3.8) is 0 Å². The number of halogens is 2. The van der Waals surface area contributed by atoms with Crippen LogP contribution in [-0.2, 0) is 17.8 Å². The van der Waals surface area contributed by atoms with E-state index >= 15 is 4.39 Å². The molecule has 0 radical (unpaired) electrons. The van der Waals surface area contributed by atoms with Crippen LogP contribution in [0.4, 0.5) is 4.39 Å². The predicted molar refractivity (Wildman–Crippen MR) is 151 cm³/mol. The molecule has 0 spiro atoms. The monoisotopic (exact) mass is 638 g/mol. The van der Waals surface area contributed by atoms with E-state index in [0.29, 0.717) is 6.29 Å². The highest BCUT2D eigenvalue weighted by Crippen LogP contribution is 2.59. The number of nitrogens with one attached hydrogen (secondary N) is 1. The summed E-state index contributed by atoms with van der Waals surface area (Å²) >= 11 is 3.27. The second-order valence-corrected chi connectivity index (χ2v) is 12.3. The zero-order chi connectivity index (χ0) is 30.1. The third kappa shape index (κ3) is 3.79. The molecule has 3 aliphatic carbocycles. The van der Waals surface area contributed by atoms with Gasteiger partial charge in [0.15, 0.2) is 29.4 Å². The number of hydrogen-bond donors (Lipinski definition) is 1. The van der Waals surface area contributed by atoms with Crippen molar-refractivity contribution in [2.45, 2.75) is 38.8 Å². The Kier molecular flexibility index (Phi) is 6.93. The van der Waals surface area contributed by atoms with Crippen LogP contribution in [-0.4, -0.2) is 47.8 Å². The molecule has 3 aromatic rings. The second kappa shape index (κ2) is 10.2. The highest BCUT2D eigenvalue weighted by atomic mass is 79.9. The van der Waals surface area contributed by atoms with Crippen LogP contribution in [0.15, 0.2) is 44.1 Å². The summed E-state index contributed by atoms with van der Waals surface area (Å²) in [6.45, 7) is 1.73. The van der Waals surface area contributed by atoms with Crippen molar-refractivity contribution in [3.8, 4) is 5.75 Å². The van der Waals surface area contributed by atoms with Crippen molar-refractivity contribution < 1.29 is 32.8 Å². The molecule has 5 atom stereocenters. The van der Waals surface area contributed by atoms with Gasteiger partial charge >= 0.3 is 0 Å². The van der Waals surface area contributed by atoms with Crippen molar-refractivity contribution in [1.82, 2.24) is 10.1 Å². The Balaban J connectivity index is 1.51. The number of aldehydes is 1. The Hall–Kier alpha value is -3.70. The average Bonchev–Trinajstić information content (AvgIpc) is 3.35. The molecule has 6 rings (SSSR count). The molecule has 1 fully saturated rings. The quantitative estimate of drug-likeness (QED) is 0.304. The molecule has 1 N–H and O–H groups in total. The minimum absolute atomic E-state index is 0.00624. The van der Waals surface area contributed by atoms with Crippen LogP contribution in [0, 0.1) is 29.0 Å². The number of aromatic amines is 1. The molecule has 5 unspecified atom stereocenters. The van der Waals surface area contributed by atoms with E-state index in [1.54, 1.807) is 25.9 Å². The van der Waals surface area contributed by atoms with Crippen LogP contribution in [0.25, 0.3) is 0 Å². The molecule has 1 heterocycles. The number of nitrogens with zero attached hydrogens (tertiary/aromatic N) is 1. The van der Waals surface area contributed by atoms with E-state index in [1.165, 1.54) is 0 Å². The molecular weight excluding hydrogens is 611 g/mol. The van der Waals surface area contributed by atoms with Gasteiger partial charge in [-0.2, -0.15) is 5.16 Å². The first kappa shape index (κ1) is 28.4. The molecule has 218 valence electrons. The van der Waals surface area contributed by atoms with E-state index < -0.39 is 57.9 Å². The molecule has 2 aromatic carbocycles. The predicted octanol–water partition coefficient (Wildman–Crippen LogP) is 4.72. The molecule has 42 heavy (non-hydrogen) atoms. The lowest BCUT2D eigenvalue weighted by atomic mass is 9.48. The third-order valence-corrected chi connectivity index (χ3v) is 10.1. The lowest BCUT2D eigenvalue weighted by Gasteiger charge is -2.53. The summed E-state index contributed by atoms with van der Waals surface area (Å²) in [7, 11) is 3.53. The summed E-state index contributed by atoms with van der Waals surface area (Å²) in [5.41, 5.74) is -2.13. The number of aromatic nitrogens is 1. The molecule has 0 saturated heterocycles. The van der Waals surface area contributed by atoms with Gasteiger partial charge < -0.3 is 9.26 Å². The number of benzene rings is 2. The number of ketones is 3. The summed E-state index contributed by atoms with van der Waals surface area (Å²) in [4.78, 5) is 69.4. The van der Waals surface area contributed by atoms with Crippen LogP contribution >= 0.6 is 15.9 Å². The first-order valence-corrected chi connectivity index (χ1v) is 14.5. The lowest BCUT2D eigenvalue weighted by Crippen LogP contribution is -2.62. The van der Waals surface area contributed by atoms with Gasteiger partial charge in [-0.3, -0.25) is 28.9 Å². The van der Waals surface area contributed by atoms with Crippen molar-refractivity contribution in [1.29, 1.82) is 0 Å². The standard InChI is InChI=1S/C31H28BrFN2O7/c1-4-31-18(24(35(2)3)27-21(29(31)39)30(40)34-42-27)11-15-10-16-20(25(37)19(15)28(31)38)26(22(32)17(12-36)23(16)33)41-13-14-8-6-5-7-9-14/h5-9,12,15,18-19,24H,4,10-11,13H2,1-3H3,(H,34,40). The molecule has 9 nitrogen and oxygen atoms in total. The van der Waals surface area contributed by atoms with E-state index in [0.717, 1.165) is 5.56 Å². The zero-order valence-corrected chi connectivity index (χ0v) is 24.7. The lowest BCUT2D eigenvalue weighted by molar-refractivity contribution is -0.142. The third-order valence-electron chi connectivity index (χ3n) is 9.31. The Morgan fingerprint density at radius 3 is 2.52 bits per heavy atom. The van der Waals surface area contributed by atoms with Gasteiger partial charge in [-0.1, -0.05) is 37.3 Å². The Labute approximate surface area is 248 Å². The van der Waals surface area contributed by atoms with E-state index in [1.807, 2.05) is 30.3 Å². The molecular formula is C31H28BrFN2O7. The zero-order valence-electron chi connectivity index (χ0n) is 23.2. The maximum absolute atomic E-state index is 15.9. The van der Waals surface area contributed by atoms with Crippen LogP contribution < -0.4 is 10.3 Å². The van der Waals surface area contributed by atoms with Crippen LogP contribution in [0.2, 0.25) is 0 Å². The number of ether oxygens (including phenoxy) is 1. The topological polar surface area (TPSA) is 127 Å². The Morgan fingerprint density at radius 2 is 1.88 bits per heavy atom. The van der Waals surface area contributed by atoms with E-state index in [2.05, 4.69) is 21.1 Å². The van der Waals surface area contributed by atoms with Gasteiger partial charge in [-0.25, -0.2) is 4.39 Å². The summed E-state index contributed by atoms with van der Waals surface area (Å²) in [5, 5.41) is 2.25. The van der Waals surface area contributed by atoms with E-state index in [-0.39, 0.29) is 64.1 Å². The number of rotatable bonds is 6. The number of hydrogen-bond acceptors (Lipinski definition) is 8. The van der Waals surface area contributed by atoms with Crippen LogP contribution in [0.1, 0.15) is 73.8 Å². The van der Waals surface area contributed by atoms with Crippen molar-refractivity contribution in [3.05, 3.63) is 84.6 Å². The fourth-order valence-electron chi connectivity index (χ4n) is 7.46. The van der Waals surface area contributed by atoms with E-state index in [4.69, 9.17) is 9.26 Å². The number of Topliss-reactive ketones (excluding diaryl/α,β-unsaturated/α-hetero) is 3. The highest BCUT2D eigenvalue weighted by Gasteiger charge is 2.66. The van der Waals surface area contributed by atoms with Gasteiger partial charge in [0.25, 0.3) is 5.56 Å². The highest BCUT2D eigenvalue weighted by molar-refractivity contribution is 9.10. The molecule has 0 aliphatic heterocycles. The largest absolute Gasteiger partial charge is 0.487 e. The number of fused-ring (bicyclic) bond motifs is 4. The molecule has 0 amide bonds. The second-order valence-electron chi connectivity index (χ2n) is 11.5. The maximum Gasteiger partial charge on any atom is 0.291 e. The van der Waals surface area contributed by atoms with Gasteiger partial charge in [-0.15, -0.1) is 0 Å². The summed E-state index contributed by atoms with van der Waals surface area (Å²) in [5.74, 6) is -5.09. The summed E-state index contributed by atoms with van der Waals surface area (Å²) in [6, 6.07) is 8.51. The Morgan fingerprint density at radius 1 is 1.17 bits per heavy atom. The van der Waals surface area contributed by atoms with Crippen LogP contribution in [0.3, 0.4) is 0 Å². The van der Waals surface area contributed by atoms with Crippen LogP contribution in [0.5, 0.6) is 5.75 Å². The first-order chi connectivity index (χ1) is 20.1. The van der Waals surface area contributed by atoms with Gasteiger partial charge in [0, 0.05) is 11.5 Å². The number of H-pyrrole nitrogens is 1. The smallest absolute Gasteiger partial charge is 0.291 e. The Bertz CT molecular complexity index is 1710. The molecule has 0 bridgehead atoms. The van der Waals surface area contributed by atoms with Gasteiger partial charge in [0.1, 0.15) is 23.7 Å². The first-order valence-electron chi connectivity index (χ1n) is 13.7. The minimum Gasteiger partial charge on any atom is -0.487 e. The molecule has 1 saturated carbocycles. The molecule has 11 heteroatoms. The SMILES string of the molecule is CCC12C(=O)c3c(o[nH]c3=O)C(N(C)C)C1CC1Cc3c(F)c(C=O)c(Br)c(OCc4ccccc4)c3C(=O)C1C2=O. The molecule has 3 aliphatic rings.